The van der Waals surface area contributed by atoms with Crippen LogP contribution in [0, 0.1) is 5.92 Å². The molecule has 0 saturated carbocycles. The molecule has 1 aliphatic rings. The topological polar surface area (TPSA) is 38.1 Å². The van der Waals surface area contributed by atoms with Crippen LogP contribution in [0.4, 0.5) is 0 Å². The van der Waals surface area contributed by atoms with Gasteiger partial charge in [-0.15, -0.1) is 11.6 Å². The molecule has 1 unspecified atom stereocenters. The molecule has 1 atom stereocenters. The zero-order chi connectivity index (χ0) is 14.8. The molecule has 0 aliphatic carbocycles. The minimum atomic E-state index is 0.0335. The molecule has 0 N–H and O–H groups in total. The Morgan fingerprint density at radius 3 is 2.90 bits per heavy atom. The molecule has 5 heteroatoms. The van der Waals surface area contributed by atoms with Gasteiger partial charge in [0.25, 0.3) is 5.56 Å². The summed E-state index contributed by atoms with van der Waals surface area (Å²) in [5, 5.41) is 0.678. The largest absolute Gasteiger partial charge is 0.303 e. The first-order valence-corrected chi connectivity index (χ1v) is 8.03. The van der Waals surface area contributed by atoms with Crippen molar-refractivity contribution >= 4 is 22.5 Å². The summed E-state index contributed by atoms with van der Waals surface area (Å²) in [6.07, 6.45) is 1.13. The summed E-state index contributed by atoms with van der Waals surface area (Å²) >= 11 is 6.01. The van der Waals surface area contributed by atoms with E-state index in [2.05, 4.69) is 16.8 Å². The number of benzene rings is 1. The molecule has 1 fully saturated rings. The molecule has 2 heterocycles. The van der Waals surface area contributed by atoms with Crippen LogP contribution in [-0.2, 0) is 12.4 Å². The number of nitrogens with zero attached hydrogens (tertiary/aromatic N) is 3. The minimum absolute atomic E-state index is 0.0335. The SMILES string of the molecule is CCN1CCC(Cn2c(CCl)nc3ccccc3c2=O)C1. The Labute approximate surface area is 129 Å². The molecule has 21 heavy (non-hydrogen) atoms. The highest BCUT2D eigenvalue weighted by Crippen LogP contribution is 2.19. The molecule has 2 aromatic rings. The first kappa shape index (κ1) is 14.5. The lowest BCUT2D eigenvalue weighted by Gasteiger charge is -2.17. The van der Waals surface area contributed by atoms with E-state index < -0.39 is 0 Å². The number of halogens is 1. The van der Waals surface area contributed by atoms with Gasteiger partial charge in [-0.05, 0) is 37.6 Å². The third-order valence-corrected chi connectivity index (χ3v) is 4.56. The van der Waals surface area contributed by atoms with E-state index in [0.717, 1.165) is 38.1 Å². The van der Waals surface area contributed by atoms with E-state index >= 15 is 0 Å². The summed E-state index contributed by atoms with van der Waals surface area (Å²) < 4.78 is 1.78. The van der Waals surface area contributed by atoms with Gasteiger partial charge in [0.15, 0.2) is 0 Å². The number of fused-ring (bicyclic) bond motifs is 1. The van der Waals surface area contributed by atoms with Crippen LogP contribution in [0.15, 0.2) is 29.1 Å². The number of aromatic nitrogens is 2. The molecule has 0 spiro atoms. The Hall–Kier alpha value is -1.39. The molecule has 1 aromatic heterocycles. The maximum atomic E-state index is 12.7. The number of alkyl halides is 1. The Balaban J connectivity index is 1.97. The number of para-hydroxylation sites is 1. The Bertz CT molecular complexity index is 697. The van der Waals surface area contributed by atoms with Crippen molar-refractivity contribution < 1.29 is 0 Å². The second-order valence-corrected chi connectivity index (χ2v) is 5.91. The van der Waals surface area contributed by atoms with Crippen LogP contribution in [0.3, 0.4) is 0 Å². The Morgan fingerprint density at radius 1 is 1.38 bits per heavy atom. The quantitative estimate of drug-likeness (QED) is 0.815. The summed E-state index contributed by atoms with van der Waals surface area (Å²) in [6.45, 7) is 6.14. The molecular formula is C16H20ClN3O. The van der Waals surface area contributed by atoms with Gasteiger partial charge >= 0.3 is 0 Å². The zero-order valence-electron chi connectivity index (χ0n) is 12.3. The zero-order valence-corrected chi connectivity index (χ0v) is 13.0. The smallest absolute Gasteiger partial charge is 0.261 e. The maximum Gasteiger partial charge on any atom is 0.261 e. The van der Waals surface area contributed by atoms with E-state index in [-0.39, 0.29) is 11.4 Å². The fraction of sp³-hybridized carbons (Fsp3) is 0.500. The minimum Gasteiger partial charge on any atom is -0.303 e. The van der Waals surface area contributed by atoms with Crippen LogP contribution >= 0.6 is 11.6 Å². The molecule has 0 radical (unpaired) electrons. The van der Waals surface area contributed by atoms with Crippen molar-refractivity contribution in [1.82, 2.24) is 14.5 Å². The summed E-state index contributed by atoms with van der Waals surface area (Å²) in [5.41, 5.74) is 0.766. The molecule has 3 rings (SSSR count). The average Bonchev–Trinajstić information content (AvgIpc) is 2.97. The number of rotatable bonds is 4. The monoisotopic (exact) mass is 305 g/mol. The molecule has 4 nitrogen and oxygen atoms in total. The third-order valence-electron chi connectivity index (χ3n) is 4.32. The fourth-order valence-corrected chi connectivity index (χ4v) is 3.32. The summed E-state index contributed by atoms with van der Waals surface area (Å²) in [5.74, 6) is 1.45. The van der Waals surface area contributed by atoms with Gasteiger partial charge in [-0.1, -0.05) is 19.1 Å². The van der Waals surface area contributed by atoms with Gasteiger partial charge in [-0.3, -0.25) is 9.36 Å². The standard InChI is InChI=1S/C16H20ClN3O/c1-2-19-8-7-12(10-19)11-20-15(9-17)18-14-6-4-3-5-13(14)16(20)21/h3-6,12H,2,7-11H2,1H3. The van der Waals surface area contributed by atoms with Crippen LogP contribution in [0.1, 0.15) is 19.2 Å². The Kier molecular flexibility index (Phi) is 4.27. The van der Waals surface area contributed by atoms with Gasteiger partial charge < -0.3 is 4.90 Å². The number of hydrogen-bond donors (Lipinski definition) is 0. The summed E-state index contributed by atoms with van der Waals surface area (Å²) in [7, 11) is 0. The predicted molar refractivity (Wildman–Crippen MR) is 85.8 cm³/mol. The van der Waals surface area contributed by atoms with Crippen molar-refractivity contribution in [2.24, 2.45) is 5.92 Å². The number of likely N-dealkylation sites (tertiary alicyclic amines) is 1. The average molecular weight is 306 g/mol. The van der Waals surface area contributed by atoms with Crippen LogP contribution < -0.4 is 5.56 Å². The highest BCUT2D eigenvalue weighted by atomic mass is 35.5. The predicted octanol–water partition coefficient (Wildman–Crippen LogP) is 2.48. The van der Waals surface area contributed by atoms with E-state index in [4.69, 9.17) is 11.6 Å². The lowest BCUT2D eigenvalue weighted by atomic mass is 10.1. The first-order valence-electron chi connectivity index (χ1n) is 7.49. The lowest BCUT2D eigenvalue weighted by Crippen LogP contribution is -2.29. The third kappa shape index (κ3) is 2.83. The molecule has 1 aromatic carbocycles. The second-order valence-electron chi connectivity index (χ2n) is 5.64. The second kappa shape index (κ2) is 6.16. The maximum absolute atomic E-state index is 12.7. The van der Waals surface area contributed by atoms with Crippen LogP contribution in [0.5, 0.6) is 0 Å². The van der Waals surface area contributed by atoms with E-state index in [1.54, 1.807) is 4.57 Å². The van der Waals surface area contributed by atoms with Crippen molar-refractivity contribution in [3.05, 3.63) is 40.4 Å². The first-order chi connectivity index (χ1) is 10.2. The summed E-state index contributed by atoms with van der Waals surface area (Å²) in [6, 6.07) is 7.48. The fourth-order valence-electron chi connectivity index (χ4n) is 3.11. The van der Waals surface area contributed by atoms with Crippen molar-refractivity contribution in [3.63, 3.8) is 0 Å². The van der Waals surface area contributed by atoms with Gasteiger partial charge in [-0.25, -0.2) is 4.98 Å². The van der Waals surface area contributed by atoms with Crippen LogP contribution in [0.25, 0.3) is 10.9 Å². The van der Waals surface area contributed by atoms with E-state index in [0.29, 0.717) is 17.1 Å². The molecular weight excluding hydrogens is 286 g/mol. The highest BCUT2D eigenvalue weighted by Gasteiger charge is 2.23. The van der Waals surface area contributed by atoms with Gasteiger partial charge in [0.05, 0.1) is 16.8 Å². The van der Waals surface area contributed by atoms with Crippen LogP contribution in [-0.4, -0.2) is 34.1 Å². The van der Waals surface area contributed by atoms with Gasteiger partial charge in [0, 0.05) is 13.1 Å². The lowest BCUT2D eigenvalue weighted by molar-refractivity contribution is 0.330. The van der Waals surface area contributed by atoms with Gasteiger partial charge in [0.2, 0.25) is 0 Å². The highest BCUT2D eigenvalue weighted by molar-refractivity contribution is 6.16. The van der Waals surface area contributed by atoms with Crippen molar-refractivity contribution in [1.29, 1.82) is 0 Å². The van der Waals surface area contributed by atoms with Crippen LogP contribution in [0.2, 0.25) is 0 Å². The molecule has 112 valence electrons. The van der Waals surface area contributed by atoms with Crippen molar-refractivity contribution in [3.8, 4) is 0 Å². The van der Waals surface area contributed by atoms with Crippen molar-refractivity contribution in [2.75, 3.05) is 19.6 Å². The number of hydrogen-bond acceptors (Lipinski definition) is 3. The molecule has 1 saturated heterocycles. The van der Waals surface area contributed by atoms with Gasteiger partial charge in [-0.2, -0.15) is 0 Å². The molecule has 0 bridgehead atoms. The molecule has 1 aliphatic heterocycles. The Morgan fingerprint density at radius 2 is 2.19 bits per heavy atom. The normalized spacial score (nSPS) is 19.4. The van der Waals surface area contributed by atoms with Gasteiger partial charge in [0.1, 0.15) is 5.82 Å². The van der Waals surface area contributed by atoms with E-state index in [1.165, 1.54) is 0 Å². The summed E-state index contributed by atoms with van der Waals surface area (Å²) in [4.78, 5) is 19.7. The van der Waals surface area contributed by atoms with E-state index in [9.17, 15) is 4.79 Å². The van der Waals surface area contributed by atoms with Crippen molar-refractivity contribution in [2.45, 2.75) is 25.8 Å². The molecule has 0 amide bonds. The van der Waals surface area contributed by atoms with E-state index in [1.807, 2.05) is 24.3 Å².